The molecule has 0 N–H and O–H groups in total. The van der Waals surface area contributed by atoms with Gasteiger partial charge in [0.15, 0.2) is 0 Å². The molecule has 1 aromatic carbocycles. The highest BCUT2D eigenvalue weighted by Gasteiger charge is 2.39. The van der Waals surface area contributed by atoms with Gasteiger partial charge in [-0.3, -0.25) is 4.90 Å². The van der Waals surface area contributed by atoms with Gasteiger partial charge in [0.1, 0.15) is 24.3 Å². The van der Waals surface area contributed by atoms with Crippen molar-refractivity contribution in [2.75, 3.05) is 26.8 Å². The first kappa shape index (κ1) is 15.9. The molecule has 0 saturated carbocycles. The normalized spacial score (nSPS) is 21.5. The van der Waals surface area contributed by atoms with E-state index in [1.807, 2.05) is 30.6 Å². The van der Waals surface area contributed by atoms with Crippen molar-refractivity contribution < 1.29 is 9.47 Å². The molecule has 122 valence electrons. The zero-order valence-electron chi connectivity index (χ0n) is 13.7. The second-order valence-corrected chi connectivity index (χ2v) is 6.15. The second-order valence-electron chi connectivity index (χ2n) is 6.15. The van der Waals surface area contributed by atoms with Gasteiger partial charge in [-0.25, -0.2) is 9.97 Å². The molecule has 5 heteroatoms. The summed E-state index contributed by atoms with van der Waals surface area (Å²) in [6.07, 6.45) is 6.25. The zero-order chi connectivity index (χ0) is 16.1. The molecule has 3 rings (SSSR count). The summed E-state index contributed by atoms with van der Waals surface area (Å²) in [5.74, 6) is 0.929. The Kier molecular flexibility index (Phi) is 4.88. The van der Waals surface area contributed by atoms with Crippen LogP contribution in [0.5, 0.6) is 5.75 Å². The zero-order valence-corrected chi connectivity index (χ0v) is 13.7. The lowest BCUT2D eigenvalue weighted by Crippen LogP contribution is -2.41. The second kappa shape index (κ2) is 7.06. The standard InChI is InChI=1S/C18H23N3O2/c1-15-5-3-4-6-17(15)23-13-18(22-2)7-8-21(12-18)11-16-9-19-14-20-10-16/h3-6,9-10,14H,7-8,11-13H2,1-2H3. The Labute approximate surface area is 137 Å². The maximum atomic E-state index is 6.04. The fourth-order valence-electron chi connectivity index (χ4n) is 3.00. The van der Waals surface area contributed by atoms with Gasteiger partial charge >= 0.3 is 0 Å². The van der Waals surface area contributed by atoms with Crippen molar-refractivity contribution >= 4 is 0 Å². The van der Waals surface area contributed by atoms with Crippen LogP contribution in [-0.4, -0.2) is 47.3 Å². The molecule has 1 aromatic heterocycles. The first-order valence-electron chi connectivity index (χ1n) is 7.91. The summed E-state index contributed by atoms with van der Waals surface area (Å²) in [7, 11) is 1.77. The monoisotopic (exact) mass is 313 g/mol. The summed E-state index contributed by atoms with van der Waals surface area (Å²) in [5, 5.41) is 0. The molecule has 0 spiro atoms. The molecule has 1 fully saturated rings. The Bertz CT molecular complexity index is 635. The van der Waals surface area contributed by atoms with E-state index in [1.165, 1.54) is 0 Å². The number of likely N-dealkylation sites (tertiary alicyclic amines) is 1. The van der Waals surface area contributed by atoms with Crippen LogP contribution in [0.3, 0.4) is 0 Å². The number of aromatic nitrogens is 2. The Morgan fingerprint density at radius 1 is 1.22 bits per heavy atom. The van der Waals surface area contributed by atoms with Crippen LogP contribution >= 0.6 is 0 Å². The van der Waals surface area contributed by atoms with E-state index in [9.17, 15) is 0 Å². The van der Waals surface area contributed by atoms with Crippen LogP contribution in [0.2, 0.25) is 0 Å². The molecule has 1 unspecified atom stereocenters. The number of para-hydroxylation sites is 1. The minimum atomic E-state index is -0.252. The topological polar surface area (TPSA) is 47.5 Å². The van der Waals surface area contributed by atoms with Crippen LogP contribution in [0.15, 0.2) is 43.0 Å². The molecule has 1 aliphatic heterocycles. The fourth-order valence-corrected chi connectivity index (χ4v) is 3.00. The Balaban J connectivity index is 1.60. The molecule has 2 aromatic rings. The number of nitrogens with zero attached hydrogens (tertiary/aromatic N) is 3. The lowest BCUT2D eigenvalue weighted by atomic mass is 10.0. The van der Waals surface area contributed by atoms with Crippen molar-refractivity contribution in [1.82, 2.24) is 14.9 Å². The van der Waals surface area contributed by atoms with E-state index in [4.69, 9.17) is 9.47 Å². The van der Waals surface area contributed by atoms with Crippen LogP contribution in [0.4, 0.5) is 0 Å². The molecule has 1 saturated heterocycles. The average Bonchev–Trinajstić information content (AvgIpc) is 2.99. The van der Waals surface area contributed by atoms with E-state index in [-0.39, 0.29) is 5.60 Å². The van der Waals surface area contributed by atoms with E-state index in [0.717, 1.165) is 42.9 Å². The minimum Gasteiger partial charge on any atom is -0.490 e. The number of ether oxygens (including phenoxy) is 2. The molecule has 0 aliphatic carbocycles. The number of hydrogen-bond donors (Lipinski definition) is 0. The molecule has 1 aliphatic rings. The average molecular weight is 313 g/mol. The Morgan fingerprint density at radius 3 is 2.74 bits per heavy atom. The van der Waals surface area contributed by atoms with Gasteiger partial charge in [0.25, 0.3) is 0 Å². The van der Waals surface area contributed by atoms with Gasteiger partial charge in [-0.1, -0.05) is 18.2 Å². The van der Waals surface area contributed by atoms with E-state index in [0.29, 0.717) is 6.61 Å². The highest BCUT2D eigenvalue weighted by molar-refractivity contribution is 5.31. The summed E-state index contributed by atoms with van der Waals surface area (Å²) >= 11 is 0. The SMILES string of the molecule is COC1(COc2ccccc2C)CCN(Cc2cncnc2)C1. The summed E-state index contributed by atoms with van der Waals surface area (Å²) in [4.78, 5) is 10.5. The van der Waals surface area contributed by atoms with Gasteiger partial charge in [0.2, 0.25) is 0 Å². The van der Waals surface area contributed by atoms with Gasteiger partial charge in [-0.05, 0) is 25.0 Å². The van der Waals surface area contributed by atoms with Crippen molar-refractivity contribution in [3.8, 4) is 5.75 Å². The van der Waals surface area contributed by atoms with E-state index in [1.54, 1.807) is 13.4 Å². The van der Waals surface area contributed by atoms with Crippen LogP contribution in [0.25, 0.3) is 0 Å². The minimum absolute atomic E-state index is 0.252. The third kappa shape index (κ3) is 3.86. The molecule has 23 heavy (non-hydrogen) atoms. The van der Waals surface area contributed by atoms with E-state index >= 15 is 0 Å². The molecular formula is C18H23N3O2. The van der Waals surface area contributed by atoms with Crippen molar-refractivity contribution in [3.63, 3.8) is 0 Å². The number of hydrogen-bond acceptors (Lipinski definition) is 5. The van der Waals surface area contributed by atoms with E-state index in [2.05, 4.69) is 27.9 Å². The molecule has 0 bridgehead atoms. The molecule has 0 amide bonds. The lowest BCUT2D eigenvalue weighted by Gasteiger charge is -2.28. The quantitative estimate of drug-likeness (QED) is 0.820. The predicted octanol–water partition coefficient (Wildman–Crippen LogP) is 2.45. The van der Waals surface area contributed by atoms with Crippen molar-refractivity contribution in [2.24, 2.45) is 0 Å². The van der Waals surface area contributed by atoms with Crippen molar-refractivity contribution in [3.05, 3.63) is 54.1 Å². The van der Waals surface area contributed by atoms with Crippen LogP contribution in [0.1, 0.15) is 17.5 Å². The molecule has 5 nitrogen and oxygen atoms in total. The van der Waals surface area contributed by atoms with Gasteiger partial charge in [-0.15, -0.1) is 0 Å². The van der Waals surface area contributed by atoms with Crippen LogP contribution in [-0.2, 0) is 11.3 Å². The maximum Gasteiger partial charge on any atom is 0.122 e. The highest BCUT2D eigenvalue weighted by Crippen LogP contribution is 2.28. The predicted molar refractivity (Wildman–Crippen MR) is 88.3 cm³/mol. The maximum absolute atomic E-state index is 6.04. The lowest BCUT2D eigenvalue weighted by molar-refractivity contribution is -0.0360. The number of aryl methyl sites for hydroxylation is 1. The Hall–Kier alpha value is -1.98. The highest BCUT2D eigenvalue weighted by atomic mass is 16.5. The summed E-state index contributed by atoms with van der Waals surface area (Å²) in [6, 6.07) is 8.09. The largest absolute Gasteiger partial charge is 0.490 e. The third-order valence-corrected chi connectivity index (χ3v) is 4.43. The smallest absolute Gasteiger partial charge is 0.122 e. The van der Waals surface area contributed by atoms with Crippen molar-refractivity contribution in [1.29, 1.82) is 0 Å². The first-order valence-corrected chi connectivity index (χ1v) is 7.91. The van der Waals surface area contributed by atoms with E-state index < -0.39 is 0 Å². The number of benzene rings is 1. The van der Waals surface area contributed by atoms with Gasteiger partial charge < -0.3 is 9.47 Å². The molecule has 1 atom stereocenters. The molecule has 0 radical (unpaired) electrons. The third-order valence-electron chi connectivity index (χ3n) is 4.43. The van der Waals surface area contributed by atoms with Gasteiger partial charge in [0, 0.05) is 44.7 Å². The fraction of sp³-hybridized carbons (Fsp3) is 0.444. The summed E-state index contributed by atoms with van der Waals surface area (Å²) < 4.78 is 11.9. The Morgan fingerprint density at radius 2 is 2.00 bits per heavy atom. The molecular weight excluding hydrogens is 290 g/mol. The number of methoxy groups -OCH3 is 1. The van der Waals surface area contributed by atoms with Crippen molar-refractivity contribution in [2.45, 2.75) is 25.5 Å². The summed E-state index contributed by atoms with van der Waals surface area (Å²) in [5.41, 5.74) is 2.02. The van der Waals surface area contributed by atoms with Gasteiger partial charge in [-0.2, -0.15) is 0 Å². The van der Waals surface area contributed by atoms with Gasteiger partial charge in [0.05, 0.1) is 0 Å². The van der Waals surface area contributed by atoms with Crippen LogP contribution in [0, 0.1) is 6.92 Å². The number of rotatable bonds is 6. The molecule has 2 heterocycles. The summed E-state index contributed by atoms with van der Waals surface area (Å²) in [6.45, 7) is 5.31. The first-order chi connectivity index (χ1) is 11.2. The van der Waals surface area contributed by atoms with Crippen LogP contribution < -0.4 is 4.74 Å².